The van der Waals surface area contributed by atoms with Crippen molar-refractivity contribution in [1.29, 1.82) is 0 Å². The van der Waals surface area contributed by atoms with Crippen LogP contribution in [0.25, 0.3) is 0 Å². The lowest BCUT2D eigenvalue weighted by molar-refractivity contribution is -0.143. The first-order chi connectivity index (χ1) is 13.7. The molecular formula is C21H24N2O5. The monoisotopic (exact) mass is 384 g/mol. The molecule has 2 aromatic rings. The van der Waals surface area contributed by atoms with Crippen LogP contribution in [0.1, 0.15) is 28.8 Å². The minimum absolute atomic E-state index is 0.177. The Hall–Kier alpha value is -2.93. The molecule has 0 bridgehead atoms. The van der Waals surface area contributed by atoms with E-state index in [2.05, 4.69) is 10.3 Å². The van der Waals surface area contributed by atoms with Crippen molar-refractivity contribution >= 4 is 11.9 Å². The number of carbonyl (C=O) groups excluding carboxylic acids is 2. The van der Waals surface area contributed by atoms with Crippen molar-refractivity contribution in [3.63, 3.8) is 0 Å². The molecular weight excluding hydrogens is 360 g/mol. The number of aromatic nitrogens is 1. The van der Waals surface area contributed by atoms with Crippen molar-refractivity contribution in [2.45, 2.75) is 19.4 Å². The van der Waals surface area contributed by atoms with Gasteiger partial charge in [0, 0.05) is 25.5 Å². The molecule has 1 aliphatic heterocycles. The smallest absolute Gasteiger partial charge is 0.325 e. The highest BCUT2D eigenvalue weighted by Gasteiger charge is 2.15. The minimum atomic E-state index is -0.499. The fraction of sp³-hybridized carbons (Fsp3) is 0.381. The van der Waals surface area contributed by atoms with E-state index in [1.807, 2.05) is 30.3 Å². The highest BCUT2D eigenvalue weighted by atomic mass is 16.5. The number of ether oxygens (including phenoxy) is 3. The summed E-state index contributed by atoms with van der Waals surface area (Å²) in [4.78, 5) is 28.0. The van der Waals surface area contributed by atoms with E-state index in [1.54, 1.807) is 12.1 Å². The third kappa shape index (κ3) is 6.35. The van der Waals surface area contributed by atoms with E-state index in [0.717, 1.165) is 31.6 Å². The van der Waals surface area contributed by atoms with Gasteiger partial charge in [0.2, 0.25) is 5.88 Å². The Kier molecular flexibility index (Phi) is 7.37. The lowest BCUT2D eigenvalue weighted by Gasteiger charge is -2.21. The largest absolute Gasteiger partial charge is 0.477 e. The Balaban J connectivity index is 1.38. The summed E-state index contributed by atoms with van der Waals surface area (Å²) < 4.78 is 16.1. The van der Waals surface area contributed by atoms with Crippen molar-refractivity contribution in [2.24, 2.45) is 5.92 Å². The van der Waals surface area contributed by atoms with E-state index in [-0.39, 0.29) is 19.1 Å². The summed E-state index contributed by atoms with van der Waals surface area (Å²) in [5.74, 6) is 0.0625. The van der Waals surface area contributed by atoms with Crippen LogP contribution in [0.3, 0.4) is 0 Å². The number of carbonyl (C=O) groups is 2. The van der Waals surface area contributed by atoms with Crippen molar-refractivity contribution in [2.75, 3.05) is 26.4 Å². The number of nitrogens with zero attached hydrogens (tertiary/aromatic N) is 1. The molecule has 1 N–H and O–H groups in total. The summed E-state index contributed by atoms with van der Waals surface area (Å²) in [7, 11) is 0. The van der Waals surface area contributed by atoms with Crippen LogP contribution in [0.15, 0.2) is 48.7 Å². The van der Waals surface area contributed by atoms with Crippen molar-refractivity contribution in [3.05, 3.63) is 59.8 Å². The fourth-order valence-electron chi connectivity index (χ4n) is 2.76. The van der Waals surface area contributed by atoms with E-state index in [1.165, 1.54) is 6.20 Å². The predicted octanol–water partition coefficient (Wildman–Crippen LogP) is 2.36. The molecule has 28 heavy (non-hydrogen) atoms. The summed E-state index contributed by atoms with van der Waals surface area (Å²) in [6.07, 6.45) is 3.41. The Morgan fingerprint density at radius 1 is 1.11 bits per heavy atom. The van der Waals surface area contributed by atoms with E-state index in [9.17, 15) is 9.59 Å². The van der Waals surface area contributed by atoms with E-state index >= 15 is 0 Å². The van der Waals surface area contributed by atoms with E-state index < -0.39 is 5.97 Å². The first-order valence-electron chi connectivity index (χ1n) is 9.35. The number of benzene rings is 1. The minimum Gasteiger partial charge on any atom is -0.477 e. The zero-order valence-corrected chi connectivity index (χ0v) is 15.6. The number of hydrogen-bond acceptors (Lipinski definition) is 6. The zero-order chi connectivity index (χ0) is 19.6. The molecule has 7 nitrogen and oxygen atoms in total. The Morgan fingerprint density at radius 2 is 1.89 bits per heavy atom. The highest BCUT2D eigenvalue weighted by molar-refractivity contribution is 5.95. The molecule has 7 heteroatoms. The number of pyridine rings is 1. The average molecular weight is 384 g/mol. The molecule has 1 amide bonds. The maximum Gasteiger partial charge on any atom is 0.325 e. The van der Waals surface area contributed by atoms with Gasteiger partial charge in [-0.05, 0) is 30.4 Å². The zero-order valence-electron chi connectivity index (χ0n) is 15.6. The molecule has 0 saturated carbocycles. The molecule has 2 heterocycles. The van der Waals surface area contributed by atoms with Crippen LogP contribution in [0.5, 0.6) is 5.88 Å². The van der Waals surface area contributed by atoms with Gasteiger partial charge < -0.3 is 19.5 Å². The van der Waals surface area contributed by atoms with Gasteiger partial charge >= 0.3 is 5.97 Å². The molecule has 0 unspecified atom stereocenters. The van der Waals surface area contributed by atoms with Crippen molar-refractivity contribution in [3.8, 4) is 5.88 Å². The van der Waals surface area contributed by atoms with Gasteiger partial charge in [0.15, 0.2) is 0 Å². The Labute approximate surface area is 164 Å². The third-order valence-corrected chi connectivity index (χ3v) is 4.44. The normalized spacial score (nSPS) is 14.3. The third-order valence-electron chi connectivity index (χ3n) is 4.44. The summed E-state index contributed by atoms with van der Waals surface area (Å²) in [6, 6.07) is 12.6. The van der Waals surface area contributed by atoms with Crippen LogP contribution in [-0.4, -0.2) is 43.2 Å². The van der Waals surface area contributed by atoms with E-state index in [0.29, 0.717) is 24.0 Å². The Morgan fingerprint density at radius 3 is 2.61 bits per heavy atom. The SMILES string of the molecule is O=C(CNC(=O)c1ccc(OCC2CCOCC2)nc1)OCc1ccccc1. The predicted molar refractivity (Wildman–Crippen MR) is 102 cm³/mol. The number of amides is 1. The number of esters is 1. The number of nitrogens with one attached hydrogen (secondary N) is 1. The molecule has 0 radical (unpaired) electrons. The summed E-state index contributed by atoms with van der Waals surface area (Å²) in [5, 5.41) is 2.53. The summed E-state index contributed by atoms with van der Waals surface area (Å²) >= 11 is 0. The molecule has 0 spiro atoms. The second-order valence-electron chi connectivity index (χ2n) is 6.58. The second kappa shape index (κ2) is 10.4. The summed E-state index contributed by atoms with van der Waals surface area (Å²) in [6.45, 7) is 2.11. The van der Waals surface area contributed by atoms with Gasteiger partial charge in [-0.3, -0.25) is 9.59 Å². The lowest BCUT2D eigenvalue weighted by atomic mass is 10.0. The molecule has 1 fully saturated rings. The molecule has 1 saturated heterocycles. The molecule has 1 aromatic heterocycles. The van der Waals surface area contributed by atoms with Gasteiger partial charge in [0.1, 0.15) is 13.2 Å². The molecule has 148 valence electrons. The highest BCUT2D eigenvalue weighted by Crippen LogP contribution is 2.16. The first-order valence-corrected chi connectivity index (χ1v) is 9.35. The van der Waals surface area contributed by atoms with Crippen molar-refractivity contribution in [1.82, 2.24) is 10.3 Å². The van der Waals surface area contributed by atoms with Crippen LogP contribution >= 0.6 is 0 Å². The van der Waals surface area contributed by atoms with Gasteiger partial charge in [-0.25, -0.2) is 4.98 Å². The van der Waals surface area contributed by atoms with Gasteiger partial charge in [-0.2, -0.15) is 0 Å². The van der Waals surface area contributed by atoms with Crippen LogP contribution in [0.4, 0.5) is 0 Å². The lowest BCUT2D eigenvalue weighted by Crippen LogP contribution is -2.30. The molecule has 1 aromatic carbocycles. The first kappa shape index (κ1) is 19.8. The molecule has 3 rings (SSSR count). The average Bonchev–Trinajstić information content (AvgIpc) is 2.76. The maximum absolute atomic E-state index is 12.1. The fourth-order valence-corrected chi connectivity index (χ4v) is 2.76. The molecule has 1 aliphatic rings. The maximum atomic E-state index is 12.1. The van der Waals surface area contributed by atoms with Crippen LogP contribution in [0.2, 0.25) is 0 Å². The van der Waals surface area contributed by atoms with Crippen LogP contribution in [-0.2, 0) is 20.9 Å². The number of hydrogen-bond donors (Lipinski definition) is 1. The van der Waals surface area contributed by atoms with Gasteiger partial charge in [-0.1, -0.05) is 30.3 Å². The number of rotatable bonds is 8. The molecule has 0 atom stereocenters. The van der Waals surface area contributed by atoms with Crippen molar-refractivity contribution < 1.29 is 23.8 Å². The quantitative estimate of drug-likeness (QED) is 0.703. The Bertz CT molecular complexity index is 758. The topological polar surface area (TPSA) is 86.8 Å². The van der Waals surface area contributed by atoms with Crippen LogP contribution < -0.4 is 10.1 Å². The van der Waals surface area contributed by atoms with Gasteiger partial charge in [0.05, 0.1) is 12.2 Å². The van der Waals surface area contributed by atoms with E-state index in [4.69, 9.17) is 14.2 Å². The van der Waals surface area contributed by atoms with Gasteiger partial charge in [0.25, 0.3) is 5.91 Å². The summed E-state index contributed by atoms with van der Waals surface area (Å²) in [5.41, 5.74) is 1.25. The standard InChI is InChI=1S/C21H24N2O5/c24-20(28-15-16-4-2-1-3-5-16)13-23-21(25)18-6-7-19(22-12-18)27-14-17-8-10-26-11-9-17/h1-7,12,17H,8-11,13-15H2,(H,23,25). The van der Waals surface area contributed by atoms with Gasteiger partial charge in [-0.15, -0.1) is 0 Å². The van der Waals surface area contributed by atoms with Crippen LogP contribution in [0, 0.1) is 5.92 Å². The molecule has 0 aliphatic carbocycles. The second-order valence-corrected chi connectivity index (χ2v) is 6.58.